The number of nitrogens with zero attached hydrogens (tertiary/aromatic N) is 1. The Morgan fingerprint density at radius 2 is 2.13 bits per heavy atom. The minimum absolute atomic E-state index is 0.0675. The van der Waals surface area contributed by atoms with Gasteiger partial charge in [-0.1, -0.05) is 30.3 Å². The number of amides is 3. The predicted octanol–water partition coefficient (Wildman–Crippen LogP) is 0.0604. The molecule has 126 valence electrons. The molecule has 0 saturated carbocycles. The van der Waals surface area contributed by atoms with E-state index in [9.17, 15) is 9.59 Å². The summed E-state index contributed by atoms with van der Waals surface area (Å²) in [4.78, 5) is 24.9. The summed E-state index contributed by atoms with van der Waals surface area (Å²) < 4.78 is 5.67. The Hall–Kier alpha value is -2.12. The van der Waals surface area contributed by atoms with Gasteiger partial charge in [-0.15, -0.1) is 0 Å². The van der Waals surface area contributed by atoms with Crippen molar-refractivity contribution < 1.29 is 14.3 Å². The van der Waals surface area contributed by atoms with Gasteiger partial charge in [0.1, 0.15) is 6.04 Å². The van der Waals surface area contributed by atoms with Gasteiger partial charge in [-0.2, -0.15) is 0 Å². The number of nitrogens with two attached hydrogens (primary N) is 1. The summed E-state index contributed by atoms with van der Waals surface area (Å²) in [6.45, 7) is 5.06. The number of carbonyl (C=O) groups is 2. The van der Waals surface area contributed by atoms with Gasteiger partial charge in [0, 0.05) is 26.2 Å². The summed E-state index contributed by atoms with van der Waals surface area (Å²) in [5.74, 6) is -0.567. The average Bonchev–Trinajstić information content (AvgIpc) is 2.54. The number of rotatable bonds is 6. The third-order valence-electron chi connectivity index (χ3n) is 3.74. The molecule has 3 amide bonds. The number of hydrogen-bond acceptors (Lipinski definition) is 4. The smallest absolute Gasteiger partial charge is 0.315 e. The lowest BCUT2D eigenvalue weighted by atomic mass is 10.2. The molecule has 1 aromatic carbocycles. The molecule has 1 aliphatic heterocycles. The molecule has 0 spiro atoms. The van der Waals surface area contributed by atoms with E-state index in [4.69, 9.17) is 10.5 Å². The zero-order valence-corrected chi connectivity index (χ0v) is 13.3. The maximum Gasteiger partial charge on any atom is 0.315 e. The Balaban J connectivity index is 1.73. The SMILES string of the molecule is C[C@H](NC(=O)NC[C@@H]1CN(Cc2ccccc2)CCO1)C(N)=O. The van der Waals surface area contributed by atoms with Crippen molar-refractivity contribution in [3.63, 3.8) is 0 Å². The third-order valence-corrected chi connectivity index (χ3v) is 3.74. The average molecular weight is 320 g/mol. The topological polar surface area (TPSA) is 96.7 Å². The molecule has 1 aromatic rings. The second kappa shape index (κ2) is 8.50. The van der Waals surface area contributed by atoms with Crippen LogP contribution in [0.4, 0.5) is 4.79 Å². The first kappa shape index (κ1) is 17.2. The number of nitrogens with one attached hydrogen (secondary N) is 2. The monoisotopic (exact) mass is 320 g/mol. The van der Waals surface area contributed by atoms with Gasteiger partial charge in [0.25, 0.3) is 0 Å². The van der Waals surface area contributed by atoms with Gasteiger partial charge in [0.15, 0.2) is 0 Å². The Morgan fingerprint density at radius 3 is 2.83 bits per heavy atom. The number of morpholine rings is 1. The fraction of sp³-hybridized carbons (Fsp3) is 0.500. The van der Waals surface area contributed by atoms with Crippen molar-refractivity contribution in [1.82, 2.24) is 15.5 Å². The Kier molecular flexibility index (Phi) is 6.37. The number of hydrogen-bond donors (Lipinski definition) is 3. The first-order valence-corrected chi connectivity index (χ1v) is 7.76. The standard InChI is InChI=1S/C16H24N4O3/c1-12(15(17)21)19-16(22)18-9-14-11-20(7-8-23-14)10-13-5-3-2-4-6-13/h2-6,12,14H,7-11H2,1H3,(H2,17,21)(H2,18,19,22)/t12-,14+/m0/s1. The molecule has 0 bridgehead atoms. The lowest BCUT2D eigenvalue weighted by Gasteiger charge is -2.33. The van der Waals surface area contributed by atoms with E-state index in [1.165, 1.54) is 5.56 Å². The number of urea groups is 1. The molecule has 1 fully saturated rings. The van der Waals surface area contributed by atoms with Crippen LogP contribution in [-0.4, -0.2) is 55.2 Å². The van der Waals surface area contributed by atoms with Crippen molar-refractivity contribution in [3.8, 4) is 0 Å². The van der Waals surface area contributed by atoms with E-state index in [1.54, 1.807) is 6.92 Å². The van der Waals surface area contributed by atoms with Gasteiger partial charge >= 0.3 is 6.03 Å². The second-order valence-electron chi connectivity index (χ2n) is 5.69. The summed E-state index contributed by atoms with van der Waals surface area (Å²) in [6, 6.07) is 9.14. The van der Waals surface area contributed by atoms with E-state index in [-0.39, 0.29) is 6.10 Å². The fourth-order valence-corrected chi connectivity index (χ4v) is 2.41. The summed E-state index contributed by atoms with van der Waals surface area (Å²) >= 11 is 0. The largest absolute Gasteiger partial charge is 0.374 e. The highest BCUT2D eigenvalue weighted by Gasteiger charge is 2.21. The van der Waals surface area contributed by atoms with Crippen LogP contribution in [0.3, 0.4) is 0 Å². The molecular weight excluding hydrogens is 296 g/mol. The van der Waals surface area contributed by atoms with E-state index in [1.807, 2.05) is 18.2 Å². The van der Waals surface area contributed by atoms with Gasteiger partial charge in [-0.3, -0.25) is 9.69 Å². The van der Waals surface area contributed by atoms with Crippen molar-refractivity contribution >= 4 is 11.9 Å². The molecule has 23 heavy (non-hydrogen) atoms. The van der Waals surface area contributed by atoms with Crippen molar-refractivity contribution in [1.29, 1.82) is 0 Å². The number of primary amides is 1. The highest BCUT2D eigenvalue weighted by atomic mass is 16.5. The van der Waals surface area contributed by atoms with Gasteiger partial charge < -0.3 is 21.1 Å². The van der Waals surface area contributed by atoms with E-state index < -0.39 is 18.0 Å². The van der Waals surface area contributed by atoms with Crippen molar-refractivity contribution in [2.75, 3.05) is 26.2 Å². The van der Waals surface area contributed by atoms with Gasteiger partial charge in [-0.05, 0) is 12.5 Å². The van der Waals surface area contributed by atoms with E-state index in [2.05, 4.69) is 27.7 Å². The molecule has 0 aliphatic carbocycles. The predicted molar refractivity (Wildman–Crippen MR) is 86.6 cm³/mol. The molecule has 2 rings (SSSR count). The molecule has 7 heteroatoms. The molecule has 4 N–H and O–H groups in total. The zero-order valence-electron chi connectivity index (χ0n) is 13.3. The van der Waals surface area contributed by atoms with Crippen LogP contribution in [0, 0.1) is 0 Å². The molecule has 0 radical (unpaired) electrons. The number of ether oxygens (including phenoxy) is 1. The molecule has 1 aliphatic rings. The van der Waals surface area contributed by atoms with Gasteiger partial charge in [0.2, 0.25) is 5.91 Å². The van der Waals surface area contributed by atoms with E-state index >= 15 is 0 Å². The van der Waals surface area contributed by atoms with Gasteiger partial charge in [-0.25, -0.2) is 4.79 Å². The first-order chi connectivity index (χ1) is 11.0. The second-order valence-corrected chi connectivity index (χ2v) is 5.69. The Labute approximate surface area is 136 Å². The number of carbonyl (C=O) groups excluding carboxylic acids is 2. The first-order valence-electron chi connectivity index (χ1n) is 7.76. The zero-order chi connectivity index (χ0) is 16.7. The van der Waals surface area contributed by atoms with Crippen LogP contribution >= 0.6 is 0 Å². The highest BCUT2D eigenvalue weighted by molar-refractivity contribution is 5.85. The molecule has 0 unspecified atom stereocenters. The maximum absolute atomic E-state index is 11.7. The summed E-state index contributed by atoms with van der Waals surface area (Å²) in [7, 11) is 0. The molecule has 7 nitrogen and oxygen atoms in total. The van der Waals surface area contributed by atoms with Crippen LogP contribution in [0.15, 0.2) is 30.3 Å². The minimum Gasteiger partial charge on any atom is -0.374 e. The summed E-state index contributed by atoms with van der Waals surface area (Å²) in [5, 5.41) is 5.19. The van der Waals surface area contributed by atoms with Crippen LogP contribution in [0.2, 0.25) is 0 Å². The molecule has 1 heterocycles. The van der Waals surface area contributed by atoms with Crippen molar-refractivity contribution in [2.45, 2.75) is 25.6 Å². The summed E-state index contributed by atoms with van der Waals surface area (Å²) in [5.41, 5.74) is 6.36. The molecular formula is C16H24N4O3. The quantitative estimate of drug-likeness (QED) is 0.690. The highest BCUT2D eigenvalue weighted by Crippen LogP contribution is 2.10. The van der Waals surface area contributed by atoms with Crippen LogP contribution < -0.4 is 16.4 Å². The molecule has 0 aromatic heterocycles. The number of benzene rings is 1. The Morgan fingerprint density at radius 1 is 1.39 bits per heavy atom. The minimum atomic E-state index is -0.697. The normalized spacial score (nSPS) is 19.8. The van der Waals surface area contributed by atoms with Crippen molar-refractivity contribution in [2.24, 2.45) is 5.73 Å². The van der Waals surface area contributed by atoms with Crippen LogP contribution in [0.1, 0.15) is 12.5 Å². The van der Waals surface area contributed by atoms with E-state index in [0.717, 1.165) is 19.6 Å². The van der Waals surface area contributed by atoms with E-state index in [0.29, 0.717) is 13.2 Å². The lowest BCUT2D eigenvalue weighted by Crippen LogP contribution is -2.51. The molecule has 1 saturated heterocycles. The van der Waals surface area contributed by atoms with Crippen molar-refractivity contribution in [3.05, 3.63) is 35.9 Å². The third kappa shape index (κ3) is 5.88. The van der Waals surface area contributed by atoms with Crippen LogP contribution in [-0.2, 0) is 16.1 Å². The lowest BCUT2D eigenvalue weighted by molar-refractivity contribution is -0.119. The van der Waals surface area contributed by atoms with Gasteiger partial charge in [0.05, 0.1) is 12.7 Å². The summed E-state index contributed by atoms with van der Waals surface area (Å²) in [6.07, 6.45) is -0.0675. The maximum atomic E-state index is 11.7. The van der Waals surface area contributed by atoms with Crippen LogP contribution in [0.25, 0.3) is 0 Å². The molecule has 2 atom stereocenters. The fourth-order valence-electron chi connectivity index (χ4n) is 2.41. The Bertz CT molecular complexity index is 523. The van der Waals surface area contributed by atoms with Crippen LogP contribution in [0.5, 0.6) is 0 Å².